The summed E-state index contributed by atoms with van der Waals surface area (Å²) < 4.78 is 13.3. The summed E-state index contributed by atoms with van der Waals surface area (Å²) in [7, 11) is 0. The minimum absolute atomic E-state index is 0.00502. The van der Waals surface area contributed by atoms with Gasteiger partial charge in [-0.2, -0.15) is 4.39 Å². The molecule has 5 heteroatoms. The summed E-state index contributed by atoms with van der Waals surface area (Å²) in [5.41, 5.74) is 0. The van der Waals surface area contributed by atoms with Crippen LogP contribution in [0.15, 0.2) is 18.5 Å². The topological polar surface area (TPSA) is 37.8 Å². The lowest BCUT2D eigenvalue weighted by atomic mass is 10.3. The maximum absolute atomic E-state index is 13.3. The highest BCUT2D eigenvalue weighted by molar-refractivity contribution is 6.29. The van der Waals surface area contributed by atoms with E-state index in [4.69, 9.17) is 11.6 Å². The molecule has 1 N–H and O–H groups in total. The lowest BCUT2D eigenvalue weighted by Gasteiger charge is -2.10. The third kappa shape index (κ3) is 3.47. The fourth-order valence-corrected chi connectivity index (χ4v) is 1.19. The van der Waals surface area contributed by atoms with Crippen molar-refractivity contribution in [3.63, 3.8) is 0 Å². The van der Waals surface area contributed by atoms with Crippen molar-refractivity contribution < 1.29 is 4.39 Å². The monoisotopic (exact) mass is 229 g/mol. The van der Waals surface area contributed by atoms with Crippen LogP contribution in [0.4, 0.5) is 10.2 Å². The summed E-state index contributed by atoms with van der Waals surface area (Å²) in [6.07, 6.45) is 6.11. The summed E-state index contributed by atoms with van der Waals surface area (Å²) >= 11 is 5.52. The van der Waals surface area contributed by atoms with Gasteiger partial charge in [0.15, 0.2) is 11.0 Å². The molecule has 0 spiro atoms. The fraction of sp³-hybridized carbons (Fsp3) is 0.400. The molecule has 82 valence electrons. The summed E-state index contributed by atoms with van der Waals surface area (Å²) in [6.45, 7) is 3.94. The molecule has 0 aliphatic rings. The molecular weight excluding hydrogens is 217 g/mol. The van der Waals surface area contributed by atoms with Crippen LogP contribution in [0.5, 0.6) is 0 Å². The van der Waals surface area contributed by atoms with Gasteiger partial charge in [0.1, 0.15) is 6.33 Å². The summed E-state index contributed by atoms with van der Waals surface area (Å²) in [6, 6.07) is 0.00502. The first-order valence-electron chi connectivity index (χ1n) is 4.74. The molecule has 3 nitrogen and oxygen atoms in total. The Morgan fingerprint density at radius 1 is 1.60 bits per heavy atom. The number of anilines is 1. The maximum Gasteiger partial charge on any atom is 0.202 e. The Bertz CT molecular complexity index is 355. The van der Waals surface area contributed by atoms with Crippen molar-refractivity contribution in [2.24, 2.45) is 0 Å². The molecule has 1 rings (SSSR count). The number of nitrogens with one attached hydrogen (secondary N) is 1. The van der Waals surface area contributed by atoms with Gasteiger partial charge in [0.2, 0.25) is 5.82 Å². The van der Waals surface area contributed by atoms with E-state index < -0.39 is 5.82 Å². The van der Waals surface area contributed by atoms with Crippen LogP contribution in [-0.4, -0.2) is 16.0 Å². The number of halogens is 2. The molecule has 0 fully saturated rings. The molecule has 0 saturated carbocycles. The van der Waals surface area contributed by atoms with Crippen LogP contribution >= 0.6 is 11.6 Å². The zero-order chi connectivity index (χ0) is 11.3. The van der Waals surface area contributed by atoms with Gasteiger partial charge in [-0.25, -0.2) is 9.97 Å². The molecule has 1 heterocycles. The minimum atomic E-state index is -0.615. The standard InChI is InChI=1S/C10H13ClFN3/c1-3-4-5-7(2)15-10-8(12)9(11)13-6-14-10/h4-7H,3H2,1-2H3,(H,13,14,15). The molecule has 0 amide bonds. The molecule has 1 atom stereocenters. The maximum atomic E-state index is 13.3. The number of allylic oxidation sites excluding steroid dienone is 1. The highest BCUT2D eigenvalue weighted by Crippen LogP contribution is 2.17. The first-order chi connectivity index (χ1) is 7.15. The van der Waals surface area contributed by atoms with Crippen molar-refractivity contribution in [1.29, 1.82) is 0 Å². The van der Waals surface area contributed by atoms with Crippen molar-refractivity contribution in [3.05, 3.63) is 29.4 Å². The second kappa shape index (κ2) is 5.66. The number of nitrogens with zero attached hydrogens (tertiary/aromatic N) is 2. The molecule has 15 heavy (non-hydrogen) atoms. The van der Waals surface area contributed by atoms with Crippen LogP contribution in [0.25, 0.3) is 0 Å². The second-order valence-electron chi connectivity index (χ2n) is 3.10. The molecule has 0 aliphatic carbocycles. The van der Waals surface area contributed by atoms with Gasteiger partial charge >= 0.3 is 0 Å². The van der Waals surface area contributed by atoms with E-state index in [1.807, 2.05) is 26.0 Å². The van der Waals surface area contributed by atoms with Crippen LogP contribution in [0.3, 0.4) is 0 Å². The molecule has 1 aromatic rings. The Balaban J connectivity index is 2.72. The molecule has 1 unspecified atom stereocenters. The first kappa shape index (κ1) is 11.9. The van der Waals surface area contributed by atoms with Gasteiger partial charge < -0.3 is 5.32 Å². The Labute approximate surface area is 93.4 Å². The number of hydrogen-bond donors (Lipinski definition) is 1. The highest BCUT2D eigenvalue weighted by atomic mass is 35.5. The third-order valence-electron chi connectivity index (χ3n) is 1.77. The van der Waals surface area contributed by atoms with Crippen LogP contribution < -0.4 is 5.32 Å². The van der Waals surface area contributed by atoms with E-state index in [0.717, 1.165) is 6.42 Å². The summed E-state index contributed by atoms with van der Waals surface area (Å²) in [5, 5.41) is 2.72. The quantitative estimate of drug-likeness (QED) is 0.637. The van der Waals surface area contributed by atoms with Crippen molar-refractivity contribution >= 4 is 17.4 Å². The molecular formula is C10H13ClFN3. The minimum Gasteiger partial charge on any atom is -0.362 e. The molecule has 1 aromatic heterocycles. The van der Waals surface area contributed by atoms with Crippen molar-refractivity contribution in [3.8, 4) is 0 Å². The van der Waals surface area contributed by atoms with Crippen molar-refractivity contribution in [2.75, 3.05) is 5.32 Å². The van der Waals surface area contributed by atoms with E-state index in [0.29, 0.717) is 0 Å². The normalized spacial score (nSPS) is 13.1. The molecule has 0 radical (unpaired) electrons. The van der Waals surface area contributed by atoms with Gasteiger partial charge in [0.25, 0.3) is 0 Å². The Hall–Kier alpha value is -1.16. The fourth-order valence-electron chi connectivity index (χ4n) is 1.05. The molecule has 0 saturated heterocycles. The molecule has 0 aromatic carbocycles. The average molecular weight is 230 g/mol. The zero-order valence-corrected chi connectivity index (χ0v) is 9.42. The van der Waals surface area contributed by atoms with Gasteiger partial charge in [-0.3, -0.25) is 0 Å². The average Bonchev–Trinajstić information content (AvgIpc) is 2.22. The van der Waals surface area contributed by atoms with E-state index >= 15 is 0 Å². The van der Waals surface area contributed by atoms with Crippen LogP contribution in [0.1, 0.15) is 20.3 Å². The SMILES string of the molecule is CCC=CC(C)Nc1ncnc(Cl)c1F. The second-order valence-corrected chi connectivity index (χ2v) is 3.45. The predicted octanol–water partition coefficient (Wildman–Crippen LogP) is 3.04. The van der Waals surface area contributed by atoms with Gasteiger partial charge in [-0.05, 0) is 13.3 Å². The van der Waals surface area contributed by atoms with Gasteiger partial charge in [-0.1, -0.05) is 30.7 Å². The van der Waals surface area contributed by atoms with Gasteiger partial charge in [0, 0.05) is 6.04 Å². The van der Waals surface area contributed by atoms with Crippen LogP contribution in [0.2, 0.25) is 5.15 Å². The first-order valence-corrected chi connectivity index (χ1v) is 5.12. The van der Waals surface area contributed by atoms with Crippen LogP contribution in [0, 0.1) is 5.82 Å². The lowest BCUT2D eigenvalue weighted by molar-refractivity contribution is 0.616. The lowest BCUT2D eigenvalue weighted by Crippen LogP contribution is -2.14. The van der Waals surface area contributed by atoms with Gasteiger partial charge in [0.05, 0.1) is 0 Å². The largest absolute Gasteiger partial charge is 0.362 e. The highest BCUT2D eigenvalue weighted by Gasteiger charge is 2.09. The van der Waals surface area contributed by atoms with Crippen LogP contribution in [-0.2, 0) is 0 Å². The third-order valence-corrected chi connectivity index (χ3v) is 2.04. The Morgan fingerprint density at radius 2 is 2.33 bits per heavy atom. The summed E-state index contributed by atoms with van der Waals surface area (Å²) in [5.74, 6) is -0.487. The van der Waals surface area contributed by atoms with E-state index in [1.165, 1.54) is 6.33 Å². The number of hydrogen-bond acceptors (Lipinski definition) is 3. The predicted molar refractivity (Wildman–Crippen MR) is 59.5 cm³/mol. The van der Waals surface area contributed by atoms with E-state index in [1.54, 1.807) is 0 Å². The number of rotatable bonds is 4. The van der Waals surface area contributed by atoms with E-state index in [2.05, 4.69) is 15.3 Å². The Kier molecular flexibility index (Phi) is 4.49. The number of aromatic nitrogens is 2. The van der Waals surface area contributed by atoms with Gasteiger partial charge in [-0.15, -0.1) is 0 Å². The van der Waals surface area contributed by atoms with E-state index in [-0.39, 0.29) is 17.0 Å². The Morgan fingerprint density at radius 3 is 3.00 bits per heavy atom. The molecule has 0 bridgehead atoms. The smallest absolute Gasteiger partial charge is 0.202 e. The summed E-state index contributed by atoms with van der Waals surface area (Å²) in [4.78, 5) is 7.30. The van der Waals surface area contributed by atoms with Crippen molar-refractivity contribution in [2.45, 2.75) is 26.3 Å². The van der Waals surface area contributed by atoms with Crippen molar-refractivity contribution in [1.82, 2.24) is 9.97 Å². The molecule has 0 aliphatic heterocycles. The van der Waals surface area contributed by atoms with E-state index in [9.17, 15) is 4.39 Å². The zero-order valence-electron chi connectivity index (χ0n) is 8.67.